The molecule has 0 saturated heterocycles. The van der Waals surface area contributed by atoms with Gasteiger partial charge in [-0.2, -0.15) is 31.3 Å². The summed E-state index contributed by atoms with van der Waals surface area (Å²) in [6.45, 7) is 3.60. The van der Waals surface area contributed by atoms with Crippen molar-refractivity contribution in [3.05, 3.63) is 41.6 Å². The molecule has 10 heteroatoms. The first-order valence-electron chi connectivity index (χ1n) is 7.66. The molecule has 0 fully saturated rings. The molecule has 0 aliphatic heterocycles. The third-order valence-corrected chi connectivity index (χ3v) is 3.49. The molecule has 4 nitrogen and oxygen atoms in total. The minimum atomic E-state index is -4.69. The normalized spacial score (nSPS) is 13.4. The number of hydrogen-bond donors (Lipinski definition) is 2. The Kier molecular flexibility index (Phi) is 5.62. The predicted molar refractivity (Wildman–Crippen MR) is 85.1 cm³/mol. The maximum absolute atomic E-state index is 13.0. The molecule has 26 heavy (non-hydrogen) atoms. The lowest BCUT2D eigenvalue weighted by Crippen LogP contribution is -2.18. The number of rotatable bonds is 5. The molecular weight excluding hydrogens is 362 g/mol. The Morgan fingerprint density at radius 1 is 0.962 bits per heavy atom. The summed E-state index contributed by atoms with van der Waals surface area (Å²) < 4.78 is 76.8. The van der Waals surface area contributed by atoms with Crippen molar-refractivity contribution in [2.75, 3.05) is 10.6 Å². The first kappa shape index (κ1) is 19.8. The fourth-order valence-corrected chi connectivity index (χ4v) is 1.93. The second-order valence-electron chi connectivity index (χ2n) is 5.61. The first-order valence-corrected chi connectivity index (χ1v) is 7.66. The molecule has 2 rings (SSSR count). The van der Waals surface area contributed by atoms with Crippen LogP contribution in [-0.2, 0) is 12.4 Å². The molecule has 0 spiro atoms. The van der Waals surface area contributed by atoms with E-state index in [-0.39, 0.29) is 23.5 Å². The van der Waals surface area contributed by atoms with E-state index in [9.17, 15) is 26.3 Å². The number of benzene rings is 1. The molecule has 0 aliphatic carbocycles. The van der Waals surface area contributed by atoms with Crippen molar-refractivity contribution in [3.63, 3.8) is 0 Å². The molecule has 0 unspecified atom stereocenters. The summed E-state index contributed by atoms with van der Waals surface area (Å²) in [7, 11) is 0. The van der Waals surface area contributed by atoms with Crippen molar-refractivity contribution in [3.8, 4) is 0 Å². The zero-order valence-corrected chi connectivity index (χ0v) is 13.8. The van der Waals surface area contributed by atoms with Crippen LogP contribution in [0.2, 0.25) is 0 Å². The lowest BCUT2D eigenvalue weighted by Gasteiger charge is -2.15. The molecule has 0 aliphatic rings. The molecule has 1 atom stereocenters. The van der Waals surface area contributed by atoms with Gasteiger partial charge < -0.3 is 10.6 Å². The molecule has 1 aromatic heterocycles. The standard InChI is InChI=1S/C16H16F6N4/c1-3-9(2)23-14-25-12(16(20,21)22)8-13(26-14)24-11-6-4-10(5-7-11)15(17,18)19/h4-9H,3H2,1-2H3,(H2,23,24,25,26)/t9-/m1/s1. The zero-order chi connectivity index (χ0) is 19.5. The van der Waals surface area contributed by atoms with Crippen molar-refractivity contribution in [2.24, 2.45) is 0 Å². The van der Waals surface area contributed by atoms with E-state index in [1.54, 1.807) is 6.92 Å². The molecule has 2 N–H and O–H groups in total. The highest BCUT2D eigenvalue weighted by molar-refractivity contribution is 5.58. The van der Waals surface area contributed by atoms with Gasteiger partial charge in [0.15, 0.2) is 5.69 Å². The largest absolute Gasteiger partial charge is 0.433 e. The van der Waals surface area contributed by atoms with Gasteiger partial charge in [0.25, 0.3) is 0 Å². The van der Waals surface area contributed by atoms with Crippen molar-refractivity contribution in [2.45, 2.75) is 38.7 Å². The lowest BCUT2D eigenvalue weighted by atomic mass is 10.2. The van der Waals surface area contributed by atoms with Gasteiger partial charge in [-0.3, -0.25) is 0 Å². The Bertz CT molecular complexity index is 740. The van der Waals surface area contributed by atoms with E-state index in [1.165, 1.54) is 0 Å². The third kappa shape index (κ3) is 5.24. The number of anilines is 3. The average molecular weight is 378 g/mol. The van der Waals surface area contributed by atoms with Gasteiger partial charge in [0, 0.05) is 17.8 Å². The van der Waals surface area contributed by atoms with E-state index in [2.05, 4.69) is 20.6 Å². The fraction of sp³-hybridized carbons (Fsp3) is 0.375. The molecule has 0 saturated carbocycles. The smallest absolute Gasteiger partial charge is 0.352 e. The highest BCUT2D eigenvalue weighted by Gasteiger charge is 2.34. The van der Waals surface area contributed by atoms with Crippen LogP contribution in [0.25, 0.3) is 0 Å². The Balaban J connectivity index is 2.31. The number of alkyl halides is 6. The second kappa shape index (κ2) is 7.38. The van der Waals surface area contributed by atoms with Crippen LogP contribution < -0.4 is 10.6 Å². The Hall–Kier alpha value is -2.52. The first-order chi connectivity index (χ1) is 12.0. The van der Waals surface area contributed by atoms with E-state index in [0.29, 0.717) is 12.5 Å². The zero-order valence-electron chi connectivity index (χ0n) is 13.8. The van der Waals surface area contributed by atoms with Crippen LogP contribution in [0.5, 0.6) is 0 Å². The van der Waals surface area contributed by atoms with Gasteiger partial charge in [-0.05, 0) is 37.6 Å². The van der Waals surface area contributed by atoms with Gasteiger partial charge in [-0.15, -0.1) is 0 Å². The molecule has 0 bridgehead atoms. The third-order valence-electron chi connectivity index (χ3n) is 3.49. The van der Waals surface area contributed by atoms with Crippen LogP contribution in [-0.4, -0.2) is 16.0 Å². The minimum Gasteiger partial charge on any atom is -0.352 e. The van der Waals surface area contributed by atoms with Gasteiger partial charge in [0.05, 0.1) is 5.56 Å². The van der Waals surface area contributed by atoms with Gasteiger partial charge in [-0.1, -0.05) is 6.92 Å². The Labute approximate surface area is 145 Å². The number of aromatic nitrogens is 2. The maximum Gasteiger partial charge on any atom is 0.433 e. The average Bonchev–Trinajstić information content (AvgIpc) is 2.53. The molecule has 2 aromatic rings. The topological polar surface area (TPSA) is 49.8 Å². The van der Waals surface area contributed by atoms with E-state index < -0.39 is 23.6 Å². The van der Waals surface area contributed by atoms with E-state index >= 15 is 0 Å². The number of nitrogens with zero attached hydrogens (tertiary/aromatic N) is 2. The molecular formula is C16H16F6N4. The van der Waals surface area contributed by atoms with Crippen molar-refractivity contribution in [1.29, 1.82) is 0 Å². The van der Waals surface area contributed by atoms with Crippen molar-refractivity contribution < 1.29 is 26.3 Å². The molecule has 1 aromatic carbocycles. The van der Waals surface area contributed by atoms with E-state index in [1.807, 2.05) is 6.92 Å². The summed E-state index contributed by atoms with van der Waals surface area (Å²) in [5, 5.41) is 5.32. The Morgan fingerprint density at radius 3 is 2.08 bits per heavy atom. The number of halogens is 6. The van der Waals surface area contributed by atoms with Gasteiger partial charge in [0.2, 0.25) is 5.95 Å². The highest BCUT2D eigenvalue weighted by Crippen LogP contribution is 2.32. The molecule has 0 amide bonds. The lowest BCUT2D eigenvalue weighted by molar-refractivity contribution is -0.141. The van der Waals surface area contributed by atoms with Gasteiger partial charge in [0.1, 0.15) is 5.82 Å². The van der Waals surface area contributed by atoms with Gasteiger partial charge in [-0.25, -0.2) is 4.98 Å². The Morgan fingerprint density at radius 2 is 1.58 bits per heavy atom. The van der Waals surface area contributed by atoms with Crippen molar-refractivity contribution >= 4 is 17.5 Å². The quantitative estimate of drug-likeness (QED) is 0.678. The summed E-state index contributed by atoms with van der Waals surface area (Å²) in [6.07, 6.45) is -8.54. The minimum absolute atomic E-state index is 0.155. The summed E-state index contributed by atoms with van der Waals surface area (Å²) in [5.74, 6) is -0.401. The van der Waals surface area contributed by atoms with E-state index in [0.717, 1.165) is 24.3 Å². The molecule has 1 heterocycles. The van der Waals surface area contributed by atoms with Crippen LogP contribution in [0.3, 0.4) is 0 Å². The summed E-state index contributed by atoms with van der Waals surface area (Å²) in [4.78, 5) is 7.39. The van der Waals surface area contributed by atoms with Crippen LogP contribution in [0.1, 0.15) is 31.5 Å². The number of nitrogens with one attached hydrogen (secondary N) is 2. The second-order valence-corrected chi connectivity index (χ2v) is 5.61. The van der Waals surface area contributed by atoms with Crippen molar-refractivity contribution in [1.82, 2.24) is 9.97 Å². The summed E-state index contributed by atoms with van der Waals surface area (Å²) in [5.41, 5.74) is -1.85. The van der Waals surface area contributed by atoms with Crippen LogP contribution in [0, 0.1) is 0 Å². The van der Waals surface area contributed by atoms with Crippen LogP contribution in [0.15, 0.2) is 30.3 Å². The molecule has 0 radical (unpaired) electrons. The van der Waals surface area contributed by atoms with Crippen LogP contribution in [0.4, 0.5) is 43.8 Å². The predicted octanol–water partition coefficient (Wildman–Crippen LogP) is 5.47. The SMILES string of the molecule is CC[C@@H](C)Nc1nc(Nc2ccc(C(F)(F)F)cc2)cc(C(F)(F)F)n1. The van der Waals surface area contributed by atoms with Crippen LogP contribution >= 0.6 is 0 Å². The summed E-state index contributed by atoms with van der Waals surface area (Å²) >= 11 is 0. The summed E-state index contributed by atoms with van der Waals surface area (Å²) in [6, 6.07) is 4.41. The monoisotopic (exact) mass is 378 g/mol. The molecule has 142 valence electrons. The van der Waals surface area contributed by atoms with E-state index in [4.69, 9.17) is 0 Å². The highest BCUT2D eigenvalue weighted by atomic mass is 19.4. The maximum atomic E-state index is 13.0. The number of hydrogen-bond acceptors (Lipinski definition) is 4. The fourth-order valence-electron chi connectivity index (χ4n) is 1.93. The van der Waals surface area contributed by atoms with Gasteiger partial charge >= 0.3 is 12.4 Å².